The number of carbonyl (C=O) groups excluding carboxylic acids is 1. The Morgan fingerprint density at radius 3 is 2.65 bits per heavy atom. The van der Waals surface area contributed by atoms with Crippen LogP contribution >= 0.6 is 0 Å². The molecule has 9 heteroatoms. The highest BCUT2D eigenvalue weighted by Gasteiger charge is 2.27. The molecule has 1 saturated heterocycles. The molecule has 1 aromatic heterocycles. The fraction of sp³-hybridized carbons (Fsp3) is 0.273. The van der Waals surface area contributed by atoms with Crippen LogP contribution in [0.3, 0.4) is 0 Å². The second kappa shape index (κ2) is 8.52. The lowest BCUT2D eigenvalue weighted by molar-refractivity contribution is 0.0694. The van der Waals surface area contributed by atoms with Crippen molar-refractivity contribution in [2.24, 2.45) is 0 Å². The maximum Gasteiger partial charge on any atom is 0.326 e. The van der Waals surface area contributed by atoms with Crippen LogP contribution < -0.4 is 10.4 Å². The molecular weight excluding hydrogens is 416 g/mol. The van der Waals surface area contributed by atoms with E-state index in [1.165, 1.54) is 18.2 Å². The van der Waals surface area contributed by atoms with Crippen LogP contribution in [0.25, 0.3) is 11.0 Å². The number of H-pyrrole nitrogens is 1. The number of sulfonamides is 1. The third kappa shape index (κ3) is 4.19. The van der Waals surface area contributed by atoms with Gasteiger partial charge in [0.2, 0.25) is 10.0 Å². The SMILES string of the molecule is C=CCNS(=O)(=O)c1cccc(C(=O)N2CCC(n3c(=O)[nH]c4ccccc43)CC2)c1. The number of aromatic nitrogens is 2. The smallest absolute Gasteiger partial charge is 0.326 e. The molecule has 1 amide bonds. The second-order valence-electron chi connectivity index (χ2n) is 7.51. The average Bonchev–Trinajstić information content (AvgIpc) is 3.13. The molecule has 0 radical (unpaired) electrons. The van der Waals surface area contributed by atoms with E-state index in [-0.39, 0.29) is 29.1 Å². The van der Waals surface area contributed by atoms with Crippen molar-refractivity contribution in [1.29, 1.82) is 0 Å². The summed E-state index contributed by atoms with van der Waals surface area (Å²) in [4.78, 5) is 30.1. The lowest BCUT2D eigenvalue weighted by atomic mass is 10.0. The van der Waals surface area contributed by atoms with Crippen LogP contribution in [-0.4, -0.2) is 48.4 Å². The summed E-state index contributed by atoms with van der Waals surface area (Å²) in [6.45, 7) is 4.59. The number of nitrogens with zero attached hydrogens (tertiary/aromatic N) is 2. The number of hydrogen-bond acceptors (Lipinski definition) is 4. The first-order chi connectivity index (χ1) is 14.9. The quantitative estimate of drug-likeness (QED) is 0.574. The Hall–Kier alpha value is -3.17. The summed E-state index contributed by atoms with van der Waals surface area (Å²) < 4.78 is 28.9. The Kier molecular flexibility index (Phi) is 5.79. The van der Waals surface area contributed by atoms with E-state index in [0.717, 1.165) is 11.0 Å². The van der Waals surface area contributed by atoms with Crippen LogP contribution in [0.2, 0.25) is 0 Å². The van der Waals surface area contributed by atoms with Gasteiger partial charge in [-0.05, 0) is 43.2 Å². The third-order valence-corrected chi connectivity index (χ3v) is 6.97. The predicted molar refractivity (Wildman–Crippen MR) is 119 cm³/mol. The van der Waals surface area contributed by atoms with Gasteiger partial charge in [-0.1, -0.05) is 24.3 Å². The maximum atomic E-state index is 13.0. The topological polar surface area (TPSA) is 104 Å². The number of piperidine rings is 1. The number of para-hydroxylation sites is 2. The van der Waals surface area contributed by atoms with Crippen LogP contribution in [0.1, 0.15) is 29.2 Å². The summed E-state index contributed by atoms with van der Waals surface area (Å²) in [6, 6.07) is 13.6. The van der Waals surface area contributed by atoms with E-state index < -0.39 is 10.0 Å². The number of carbonyl (C=O) groups is 1. The van der Waals surface area contributed by atoms with Crippen LogP contribution in [0.4, 0.5) is 0 Å². The van der Waals surface area contributed by atoms with E-state index in [4.69, 9.17) is 0 Å². The van der Waals surface area contributed by atoms with Crippen molar-refractivity contribution < 1.29 is 13.2 Å². The average molecular weight is 441 g/mol. The number of hydrogen-bond donors (Lipinski definition) is 2. The molecule has 3 aromatic rings. The van der Waals surface area contributed by atoms with Crippen LogP contribution in [0, 0.1) is 0 Å². The number of aromatic amines is 1. The van der Waals surface area contributed by atoms with E-state index in [1.807, 2.05) is 24.3 Å². The number of fused-ring (bicyclic) bond motifs is 1. The van der Waals surface area contributed by atoms with Crippen molar-refractivity contribution in [2.75, 3.05) is 19.6 Å². The lowest BCUT2D eigenvalue weighted by Crippen LogP contribution is -2.40. The predicted octanol–water partition coefficient (Wildman–Crippen LogP) is 2.27. The molecule has 0 saturated carbocycles. The second-order valence-corrected chi connectivity index (χ2v) is 9.28. The van der Waals surface area contributed by atoms with Gasteiger partial charge < -0.3 is 9.88 Å². The molecule has 2 aromatic carbocycles. The molecule has 8 nitrogen and oxygen atoms in total. The van der Waals surface area contributed by atoms with Gasteiger partial charge in [0.05, 0.1) is 15.9 Å². The summed E-state index contributed by atoms with van der Waals surface area (Å²) in [6.07, 6.45) is 2.74. The summed E-state index contributed by atoms with van der Waals surface area (Å²) in [5, 5.41) is 0. The van der Waals surface area contributed by atoms with Gasteiger partial charge in [-0.25, -0.2) is 17.9 Å². The standard InChI is InChI=1S/C22H24N4O4S/c1-2-12-23-31(29,30)18-7-5-6-16(15-18)21(27)25-13-10-17(11-14-25)26-20-9-4-3-8-19(20)24-22(26)28/h2-9,15,17,23H,1,10-14H2,(H,24,28). The molecule has 31 heavy (non-hydrogen) atoms. The summed E-state index contributed by atoms with van der Waals surface area (Å²) in [5.41, 5.74) is 1.84. The zero-order valence-corrected chi connectivity index (χ0v) is 17.8. The van der Waals surface area contributed by atoms with E-state index >= 15 is 0 Å². The van der Waals surface area contributed by atoms with Gasteiger partial charge in [-0.15, -0.1) is 6.58 Å². The fourth-order valence-electron chi connectivity index (χ4n) is 3.99. The molecule has 0 aliphatic carbocycles. The first-order valence-corrected chi connectivity index (χ1v) is 11.6. The molecule has 0 spiro atoms. The van der Waals surface area contributed by atoms with Gasteiger partial charge in [0, 0.05) is 31.2 Å². The number of nitrogens with one attached hydrogen (secondary N) is 2. The van der Waals surface area contributed by atoms with Crippen LogP contribution in [-0.2, 0) is 10.0 Å². The number of amides is 1. The number of rotatable bonds is 6. The normalized spacial score (nSPS) is 15.3. The van der Waals surface area contributed by atoms with Crippen molar-refractivity contribution in [3.8, 4) is 0 Å². The van der Waals surface area contributed by atoms with E-state index in [1.54, 1.807) is 21.6 Å². The Balaban J connectivity index is 1.49. The van der Waals surface area contributed by atoms with Crippen molar-refractivity contribution in [3.05, 3.63) is 77.2 Å². The Labute approximate surface area is 180 Å². The minimum atomic E-state index is -3.71. The van der Waals surface area contributed by atoms with Crippen molar-refractivity contribution >= 4 is 27.0 Å². The van der Waals surface area contributed by atoms with Crippen LogP contribution in [0.15, 0.2) is 70.9 Å². The first kappa shape index (κ1) is 21.1. The number of imidazole rings is 1. The van der Waals surface area contributed by atoms with Gasteiger partial charge in [0.25, 0.3) is 5.91 Å². The van der Waals surface area contributed by atoms with E-state index in [0.29, 0.717) is 31.5 Å². The molecule has 162 valence electrons. The largest absolute Gasteiger partial charge is 0.338 e. The molecule has 0 bridgehead atoms. The van der Waals surface area contributed by atoms with Gasteiger partial charge in [-0.3, -0.25) is 9.36 Å². The third-order valence-electron chi connectivity index (χ3n) is 5.55. The van der Waals surface area contributed by atoms with Gasteiger partial charge in [-0.2, -0.15) is 0 Å². The lowest BCUT2D eigenvalue weighted by Gasteiger charge is -2.32. The molecule has 4 rings (SSSR count). The molecule has 2 N–H and O–H groups in total. The molecule has 1 fully saturated rings. The maximum absolute atomic E-state index is 13.0. The summed E-state index contributed by atoms with van der Waals surface area (Å²) in [5.74, 6) is -0.217. The van der Waals surface area contributed by atoms with Crippen molar-refractivity contribution in [3.63, 3.8) is 0 Å². The number of benzene rings is 2. The zero-order chi connectivity index (χ0) is 22.0. The summed E-state index contributed by atoms with van der Waals surface area (Å²) >= 11 is 0. The Morgan fingerprint density at radius 1 is 1.16 bits per heavy atom. The number of likely N-dealkylation sites (tertiary alicyclic amines) is 1. The highest BCUT2D eigenvalue weighted by Crippen LogP contribution is 2.26. The molecule has 1 aliphatic heterocycles. The van der Waals surface area contributed by atoms with Crippen molar-refractivity contribution in [1.82, 2.24) is 19.2 Å². The molecule has 0 unspecified atom stereocenters. The van der Waals surface area contributed by atoms with Gasteiger partial charge >= 0.3 is 5.69 Å². The highest BCUT2D eigenvalue weighted by atomic mass is 32.2. The molecular formula is C22H24N4O4S. The molecule has 1 aliphatic rings. The monoisotopic (exact) mass is 440 g/mol. The highest BCUT2D eigenvalue weighted by molar-refractivity contribution is 7.89. The zero-order valence-electron chi connectivity index (χ0n) is 17.0. The fourth-order valence-corrected chi connectivity index (χ4v) is 5.04. The van der Waals surface area contributed by atoms with Crippen LogP contribution in [0.5, 0.6) is 0 Å². The van der Waals surface area contributed by atoms with E-state index in [9.17, 15) is 18.0 Å². The summed E-state index contributed by atoms with van der Waals surface area (Å²) in [7, 11) is -3.71. The van der Waals surface area contributed by atoms with Gasteiger partial charge in [0.15, 0.2) is 0 Å². The van der Waals surface area contributed by atoms with Gasteiger partial charge in [0.1, 0.15) is 0 Å². The minimum Gasteiger partial charge on any atom is -0.338 e. The van der Waals surface area contributed by atoms with E-state index in [2.05, 4.69) is 16.3 Å². The minimum absolute atomic E-state index is 0.00233. The Bertz CT molecular complexity index is 1280. The Morgan fingerprint density at radius 2 is 1.90 bits per heavy atom. The molecule has 0 atom stereocenters. The molecule has 2 heterocycles. The van der Waals surface area contributed by atoms with Crippen molar-refractivity contribution in [2.45, 2.75) is 23.8 Å². The first-order valence-electron chi connectivity index (χ1n) is 10.1.